The highest BCUT2D eigenvalue weighted by atomic mass is 35.5. The van der Waals surface area contributed by atoms with Gasteiger partial charge in [-0.3, -0.25) is 0 Å². The number of hydrogen-bond donors (Lipinski definition) is 2. The standard InChI is InChI=1S/C10H14ClNO2/c1-6-5-7(3-4-12)10(14-2)8(11)9(6)13/h5,13H,3-4,12H2,1-2H3. The van der Waals surface area contributed by atoms with Gasteiger partial charge in [-0.15, -0.1) is 0 Å². The normalized spacial score (nSPS) is 10.3. The van der Waals surface area contributed by atoms with Crippen molar-refractivity contribution in [1.82, 2.24) is 0 Å². The summed E-state index contributed by atoms with van der Waals surface area (Å²) in [6.45, 7) is 2.32. The van der Waals surface area contributed by atoms with Gasteiger partial charge in [0.1, 0.15) is 16.5 Å². The largest absolute Gasteiger partial charge is 0.506 e. The van der Waals surface area contributed by atoms with Crippen LogP contribution >= 0.6 is 11.6 Å². The van der Waals surface area contributed by atoms with Gasteiger partial charge in [-0.1, -0.05) is 11.6 Å². The van der Waals surface area contributed by atoms with Gasteiger partial charge in [0.25, 0.3) is 0 Å². The molecule has 78 valence electrons. The Balaban J connectivity index is 3.28. The lowest BCUT2D eigenvalue weighted by Gasteiger charge is -2.12. The van der Waals surface area contributed by atoms with Crippen molar-refractivity contribution < 1.29 is 9.84 Å². The number of phenols is 1. The summed E-state index contributed by atoms with van der Waals surface area (Å²) in [7, 11) is 1.52. The molecule has 0 saturated carbocycles. The highest BCUT2D eigenvalue weighted by Gasteiger charge is 2.14. The predicted octanol–water partition coefficient (Wildman–Crippen LogP) is 1.86. The second kappa shape index (κ2) is 4.53. The van der Waals surface area contributed by atoms with Crippen LogP contribution in [0.25, 0.3) is 0 Å². The summed E-state index contributed by atoms with van der Waals surface area (Å²) in [4.78, 5) is 0. The van der Waals surface area contributed by atoms with Gasteiger partial charge in [0.15, 0.2) is 0 Å². The van der Waals surface area contributed by atoms with E-state index in [2.05, 4.69) is 0 Å². The van der Waals surface area contributed by atoms with Gasteiger partial charge in [-0.05, 0) is 37.1 Å². The fraction of sp³-hybridized carbons (Fsp3) is 0.400. The van der Waals surface area contributed by atoms with E-state index in [1.165, 1.54) is 7.11 Å². The summed E-state index contributed by atoms with van der Waals surface area (Å²) >= 11 is 5.92. The van der Waals surface area contributed by atoms with Crippen LogP contribution in [0.4, 0.5) is 0 Å². The fourth-order valence-corrected chi connectivity index (χ4v) is 1.73. The van der Waals surface area contributed by atoms with Crippen molar-refractivity contribution in [2.75, 3.05) is 13.7 Å². The molecule has 0 aliphatic carbocycles. The summed E-state index contributed by atoms with van der Waals surface area (Å²) in [6.07, 6.45) is 0.685. The smallest absolute Gasteiger partial charge is 0.144 e. The Labute approximate surface area is 88.4 Å². The van der Waals surface area contributed by atoms with Crippen LogP contribution in [0.2, 0.25) is 5.02 Å². The predicted molar refractivity (Wildman–Crippen MR) is 57.2 cm³/mol. The number of halogens is 1. The first-order valence-electron chi connectivity index (χ1n) is 4.36. The van der Waals surface area contributed by atoms with Crippen LogP contribution in [0.5, 0.6) is 11.5 Å². The van der Waals surface area contributed by atoms with Gasteiger partial charge in [-0.2, -0.15) is 0 Å². The Morgan fingerprint density at radius 3 is 2.71 bits per heavy atom. The summed E-state index contributed by atoms with van der Waals surface area (Å²) < 4.78 is 5.12. The molecule has 1 aromatic carbocycles. The first kappa shape index (κ1) is 11.1. The van der Waals surface area contributed by atoms with Crippen molar-refractivity contribution in [3.8, 4) is 11.5 Å². The number of rotatable bonds is 3. The average Bonchev–Trinajstić information content (AvgIpc) is 2.16. The van der Waals surface area contributed by atoms with Crippen molar-refractivity contribution in [2.45, 2.75) is 13.3 Å². The number of hydrogen-bond acceptors (Lipinski definition) is 3. The molecule has 0 spiro atoms. The van der Waals surface area contributed by atoms with Crippen LogP contribution < -0.4 is 10.5 Å². The van der Waals surface area contributed by atoms with Crippen LogP contribution in [0, 0.1) is 6.92 Å². The molecule has 0 aromatic heterocycles. The Morgan fingerprint density at radius 1 is 1.57 bits per heavy atom. The lowest BCUT2D eigenvalue weighted by atomic mass is 10.1. The molecule has 4 heteroatoms. The van der Waals surface area contributed by atoms with Gasteiger partial charge in [0, 0.05) is 0 Å². The van der Waals surface area contributed by atoms with Crippen molar-refractivity contribution in [3.63, 3.8) is 0 Å². The van der Waals surface area contributed by atoms with Crippen LogP contribution in [0.3, 0.4) is 0 Å². The number of benzene rings is 1. The molecule has 0 amide bonds. The van der Waals surface area contributed by atoms with Gasteiger partial charge >= 0.3 is 0 Å². The van der Waals surface area contributed by atoms with E-state index in [4.69, 9.17) is 22.1 Å². The lowest BCUT2D eigenvalue weighted by Crippen LogP contribution is -2.05. The quantitative estimate of drug-likeness (QED) is 0.810. The number of aromatic hydroxyl groups is 1. The van der Waals surface area contributed by atoms with Gasteiger partial charge in [-0.25, -0.2) is 0 Å². The molecule has 0 aliphatic rings. The first-order chi connectivity index (χ1) is 6.61. The van der Waals surface area contributed by atoms with E-state index in [9.17, 15) is 5.11 Å². The molecule has 3 N–H and O–H groups in total. The Kier molecular flexibility index (Phi) is 3.61. The summed E-state index contributed by atoms with van der Waals surface area (Å²) in [6, 6.07) is 1.84. The van der Waals surface area contributed by atoms with E-state index in [-0.39, 0.29) is 10.8 Å². The third-order valence-electron chi connectivity index (χ3n) is 2.08. The van der Waals surface area contributed by atoms with E-state index in [1.807, 2.05) is 6.07 Å². The first-order valence-corrected chi connectivity index (χ1v) is 4.74. The molecule has 0 atom stereocenters. The molecular formula is C10H14ClNO2. The fourth-order valence-electron chi connectivity index (χ4n) is 1.38. The lowest BCUT2D eigenvalue weighted by molar-refractivity contribution is 0.402. The number of aryl methyl sites for hydroxylation is 1. The van der Waals surface area contributed by atoms with E-state index in [0.29, 0.717) is 18.7 Å². The Morgan fingerprint density at radius 2 is 2.21 bits per heavy atom. The molecule has 3 nitrogen and oxygen atoms in total. The number of nitrogens with two attached hydrogens (primary N) is 1. The van der Waals surface area contributed by atoms with E-state index >= 15 is 0 Å². The zero-order chi connectivity index (χ0) is 10.7. The third-order valence-corrected chi connectivity index (χ3v) is 2.43. The highest BCUT2D eigenvalue weighted by molar-refractivity contribution is 6.33. The monoisotopic (exact) mass is 215 g/mol. The minimum atomic E-state index is 0.0734. The summed E-state index contributed by atoms with van der Waals surface area (Å²) in [5.74, 6) is 0.588. The molecule has 14 heavy (non-hydrogen) atoms. The zero-order valence-corrected chi connectivity index (χ0v) is 9.06. The molecule has 1 aromatic rings. The van der Waals surface area contributed by atoms with Crippen molar-refractivity contribution >= 4 is 11.6 Å². The second-order valence-electron chi connectivity index (χ2n) is 3.09. The van der Waals surface area contributed by atoms with Crippen LogP contribution in [-0.2, 0) is 6.42 Å². The maximum atomic E-state index is 9.57. The van der Waals surface area contributed by atoms with Crippen LogP contribution in [0.1, 0.15) is 11.1 Å². The molecule has 0 radical (unpaired) electrons. The topological polar surface area (TPSA) is 55.5 Å². The molecule has 0 bridgehead atoms. The zero-order valence-electron chi connectivity index (χ0n) is 8.30. The molecule has 1 rings (SSSR count). The minimum Gasteiger partial charge on any atom is -0.506 e. The molecule has 0 unspecified atom stereocenters. The maximum absolute atomic E-state index is 9.57. The molecular weight excluding hydrogens is 202 g/mol. The summed E-state index contributed by atoms with van der Waals surface area (Å²) in [5.41, 5.74) is 7.12. The van der Waals surface area contributed by atoms with Gasteiger partial charge in [0.05, 0.1) is 7.11 Å². The van der Waals surface area contributed by atoms with Crippen molar-refractivity contribution in [3.05, 3.63) is 22.2 Å². The van der Waals surface area contributed by atoms with E-state index in [0.717, 1.165) is 11.1 Å². The number of methoxy groups -OCH3 is 1. The minimum absolute atomic E-state index is 0.0734. The number of phenolic OH excluding ortho intramolecular Hbond substituents is 1. The van der Waals surface area contributed by atoms with Crippen molar-refractivity contribution in [2.24, 2.45) is 5.73 Å². The Bertz CT molecular complexity index is 339. The SMILES string of the molecule is COc1c(CCN)cc(C)c(O)c1Cl. The molecule has 0 aliphatic heterocycles. The Hall–Kier alpha value is -0.930. The second-order valence-corrected chi connectivity index (χ2v) is 3.47. The highest BCUT2D eigenvalue weighted by Crippen LogP contribution is 2.38. The van der Waals surface area contributed by atoms with Crippen LogP contribution in [0.15, 0.2) is 6.07 Å². The van der Waals surface area contributed by atoms with E-state index in [1.54, 1.807) is 6.92 Å². The molecule has 0 fully saturated rings. The summed E-state index contributed by atoms with van der Waals surface area (Å²) in [5, 5.41) is 9.83. The van der Waals surface area contributed by atoms with E-state index < -0.39 is 0 Å². The third kappa shape index (κ3) is 1.94. The van der Waals surface area contributed by atoms with Gasteiger partial charge < -0.3 is 15.6 Å². The van der Waals surface area contributed by atoms with Gasteiger partial charge in [0.2, 0.25) is 0 Å². The average molecular weight is 216 g/mol. The maximum Gasteiger partial charge on any atom is 0.144 e. The number of ether oxygens (including phenoxy) is 1. The van der Waals surface area contributed by atoms with Crippen molar-refractivity contribution in [1.29, 1.82) is 0 Å². The van der Waals surface area contributed by atoms with Crippen LogP contribution in [-0.4, -0.2) is 18.8 Å². The molecule has 0 heterocycles. The molecule has 0 saturated heterocycles.